The van der Waals surface area contributed by atoms with Gasteiger partial charge < -0.3 is 20.4 Å². The van der Waals surface area contributed by atoms with Gasteiger partial charge in [-0.1, -0.05) is 143 Å². The van der Waals surface area contributed by atoms with E-state index in [0.717, 1.165) is 39.3 Å². The zero-order valence-corrected chi connectivity index (χ0v) is 29.4. The highest BCUT2D eigenvalue weighted by Gasteiger charge is 2.16. The van der Waals surface area contributed by atoms with Crippen LogP contribution in [-0.4, -0.2) is 74.0 Å². The van der Waals surface area contributed by atoms with Crippen LogP contribution in [-0.2, 0) is 0 Å². The van der Waals surface area contributed by atoms with E-state index in [4.69, 9.17) is 0 Å². The Kier molecular flexibility index (Phi) is 26.0. The van der Waals surface area contributed by atoms with Crippen molar-refractivity contribution in [3.05, 3.63) is 35.4 Å². The molecule has 44 heavy (non-hydrogen) atoms. The molecule has 1 aromatic carbocycles. The molecule has 0 radical (unpaired) electrons. The second kappa shape index (κ2) is 28.5. The van der Waals surface area contributed by atoms with Gasteiger partial charge in [0.15, 0.2) is 0 Å². The average molecular weight is 615 g/mol. The van der Waals surface area contributed by atoms with Gasteiger partial charge in [-0.2, -0.15) is 0 Å². The number of nitrogens with one attached hydrogen (secondary N) is 2. The lowest BCUT2D eigenvalue weighted by Crippen LogP contribution is -2.37. The largest absolute Gasteiger partial charge is 0.351 e. The summed E-state index contributed by atoms with van der Waals surface area (Å²) in [7, 11) is 0. The van der Waals surface area contributed by atoms with Gasteiger partial charge in [0.2, 0.25) is 0 Å². The SMILES string of the molecule is CCCCCCCCCCCN(CC)CCNC(=O)c1ccccc1C(=O)NCCN(CC)CCCCCCCCCCC. The summed E-state index contributed by atoms with van der Waals surface area (Å²) in [6.07, 6.45) is 24.0. The number of nitrogens with zero attached hydrogens (tertiary/aromatic N) is 2. The molecular weight excluding hydrogens is 544 g/mol. The molecule has 0 unspecified atom stereocenters. The Hall–Kier alpha value is -1.92. The van der Waals surface area contributed by atoms with Gasteiger partial charge in [-0.3, -0.25) is 9.59 Å². The number of benzene rings is 1. The maximum absolute atomic E-state index is 13.0. The second-order valence-electron chi connectivity index (χ2n) is 12.6. The van der Waals surface area contributed by atoms with E-state index in [-0.39, 0.29) is 11.8 Å². The van der Waals surface area contributed by atoms with E-state index in [1.807, 2.05) is 12.1 Å². The lowest BCUT2D eigenvalue weighted by Gasteiger charge is -2.21. The molecule has 0 aliphatic rings. The molecule has 1 rings (SSSR count). The van der Waals surface area contributed by atoms with Gasteiger partial charge in [-0.25, -0.2) is 0 Å². The maximum Gasteiger partial charge on any atom is 0.252 e. The van der Waals surface area contributed by atoms with Crippen LogP contribution < -0.4 is 10.6 Å². The monoisotopic (exact) mass is 615 g/mol. The highest BCUT2D eigenvalue weighted by Crippen LogP contribution is 2.12. The molecule has 0 aliphatic carbocycles. The molecule has 0 aliphatic heterocycles. The summed E-state index contributed by atoms with van der Waals surface area (Å²) >= 11 is 0. The number of hydrogen-bond acceptors (Lipinski definition) is 4. The van der Waals surface area contributed by atoms with Crippen LogP contribution in [0.5, 0.6) is 0 Å². The summed E-state index contributed by atoms with van der Waals surface area (Å²) < 4.78 is 0. The van der Waals surface area contributed by atoms with Crippen molar-refractivity contribution in [2.24, 2.45) is 0 Å². The number of amides is 2. The van der Waals surface area contributed by atoms with Crippen molar-refractivity contribution >= 4 is 11.8 Å². The fourth-order valence-corrected chi connectivity index (χ4v) is 5.87. The summed E-state index contributed by atoms with van der Waals surface area (Å²) in [6.45, 7) is 15.9. The summed E-state index contributed by atoms with van der Waals surface area (Å²) in [5.74, 6) is -0.342. The third-order valence-corrected chi connectivity index (χ3v) is 8.89. The van der Waals surface area contributed by atoms with Crippen molar-refractivity contribution in [2.45, 2.75) is 143 Å². The van der Waals surface area contributed by atoms with E-state index in [2.05, 4.69) is 48.1 Å². The predicted octanol–water partition coefficient (Wildman–Crippen LogP) is 8.85. The van der Waals surface area contributed by atoms with Gasteiger partial charge in [0.1, 0.15) is 0 Å². The van der Waals surface area contributed by atoms with Crippen LogP contribution in [0.15, 0.2) is 24.3 Å². The predicted molar refractivity (Wildman–Crippen MR) is 190 cm³/mol. The van der Waals surface area contributed by atoms with Crippen LogP contribution in [0.2, 0.25) is 0 Å². The third kappa shape index (κ3) is 20.2. The zero-order chi connectivity index (χ0) is 32.1. The molecule has 254 valence electrons. The van der Waals surface area contributed by atoms with Gasteiger partial charge in [-0.15, -0.1) is 0 Å². The quantitative estimate of drug-likeness (QED) is 0.0850. The number of rotatable bonds is 30. The molecule has 2 amide bonds. The maximum atomic E-state index is 13.0. The van der Waals surface area contributed by atoms with Crippen molar-refractivity contribution in [1.82, 2.24) is 20.4 Å². The van der Waals surface area contributed by atoms with Crippen molar-refractivity contribution in [1.29, 1.82) is 0 Å². The summed E-state index contributed by atoms with van der Waals surface area (Å²) in [5, 5.41) is 6.12. The average Bonchev–Trinajstić information content (AvgIpc) is 3.04. The number of hydrogen-bond donors (Lipinski definition) is 2. The topological polar surface area (TPSA) is 64.7 Å². The van der Waals surface area contributed by atoms with Gasteiger partial charge in [-0.05, 0) is 51.2 Å². The lowest BCUT2D eigenvalue weighted by molar-refractivity contribution is 0.0914. The molecular formula is C38H70N4O2. The smallest absolute Gasteiger partial charge is 0.252 e. The molecule has 6 heteroatoms. The van der Waals surface area contributed by atoms with Crippen LogP contribution >= 0.6 is 0 Å². The molecule has 0 atom stereocenters. The Bertz CT molecular complexity index is 764. The van der Waals surface area contributed by atoms with Crippen molar-refractivity contribution in [2.75, 3.05) is 52.4 Å². The number of carbonyl (C=O) groups is 2. The Morgan fingerprint density at radius 3 is 1.11 bits per heavy atom. The normalized spacial score (nSPS) is 11.4. The first kappa shape index (κ1) is 40.1. The molecule has 2 N–H and O–H groups in total. The van der Waals surface area contributed by atoms with Crippen LogP contribution in [0.4, 0.5) is 0 Å². The van der Waals surface area contributed by atoms with Gasteiger partial charge in [0.05, 0.1) is 11.1 Å². The van der Waals surface area contributed by atoms with E-state index in [0.29, 0.717) is 24.2 Å². The van der Waals surface area contributed by atoms with Crippen molar-refractivity contribution in [3.63, 3.8) is 0 Å². The molecule has 0 saturated heterocycles. The van der Waals surface area contributed by atoms with E-state index < -0.39 is 0 Å². The fraction of sp³-hybridized carbons (Fsp3) is 0.789. The van der Waals surface area contributed by atoms with Crippen LogP contribution in [0.1, 0.15) is 164 Å². The molecule has 0 saturated carbocycles. The first-order valence-corrected chi connectivity index (χ1v) is 18.7. The van der Waals surface area contributed by atoms with E-state index in [1.165, 1.54) is 116 Å². The van der Waals surface area contributed by atoms with Crippen LogP contribution in [0, 0.1) is 0 Å². The van der Waals surface area contributed by atoms with E-state index >= 15 is 0 Å². The minimum Gasteiger partial charge on any atom is -0.351 e. The highest BCUT2D eigenvalue weighted by atomic mass is 16.2. The molecule has 0 heterocycles. The minimum atomic E-state index is -0.171. The minimum absolute atomic E-state index is 0.171. The number of unbranched alkanes of at least 4 members (excludes halogenated alkanes) is 16. The molecule has 0 spiro atoms. The first-order valence-electron chi connectivity index (χ1n) is 18.7. The van der Waals surface area contributed by atoms with Gasteiger partial charge in [0.25, 0.3) is 11.8 Å². The fourth-order valence-electron chi connectivity index (χ4n) is 5.87. The summed E-state index contributed by atoms with van der Waals surface area (Å²) in [4.78, 5) is 30.9. The van der Waals surface area contributed by atoms with Crippen LogP contribution in [0.25, 0.3) is 0 Å². The Balaban J connectivity index is 2.31. The Morgan fingerprint density at radius 1 is 0.477 bits per heavy atom. The highest BCUT2D eigenvalue weighted by molar-refractivity contribution is 6.07. The Labute approximate surface area is 272 Å². The lowest BCUT2D eigenvalue weighted by atomic mass is 10.1. The zero-order valence-electron chi connectivity index (χ0n) is 29.4. The van der Waals surface area contributed by atoms with Gasteiger partial charge in [0, 0.05) is 26.2 Å². The summed E-state index contributed by atoms with van der Waals surface area (Å²) in [6, 6.07) is 7.17. The molecule has 0 bridgehead atoms. The third-order valence-electron chi connectivity index (χ3n) is 8.89. The second-order valence-corrected chi connectivity index (χ2v) is 12.6. The Morgan fingerprint density at radius 2 is 0.795 bits per heavy atom. The molecule has 6 nitrogen and oxygen atoms in total. The van der Waals surface area contributed by atoms with Crippen molar-refractivity contribution < 1.29 is 9.59 Å². The van der Waals surface area contributed by atoms with E-state index in [9.17, 15) is 9.59 Å². The standard InChI is InChI=1S/C38H70N4O2/c1-5-9-11-13-15-17-19-21-25-31-41(7-3)33-29-39-37(43)35-27-23-24-28-36(35)38(44)40-30-34-42(8-4)32-26-22-20-18-16-14-12-10-6-2/h23-24,27-28H,5-22,25-26,29-34H2,1-4H3,(H,39,43)(H,40,44). The number of carbonyl (C=O) groups excluding carboxylic acids is 2. The van der Waals surface area contributed by atoms with Crippen molar-refractivity contribution in [3.8, 4) is 0 Å². The van der Waals surface area contributed by atoms with Gasteiger partial charge >= 0.3 is 0 Å². The molecule has 0 fully saturated rings. The van der Waals surface area contributed by atoms with Crippen LogP contribution in [0.3, 0.4) is 0 Å². The molecule has 0 aromatic heterocycles. The summed E-state index contributed by atoms with van der Waals surface area (Å²) in [5.41, 5.74) is 0.906. The number of likely N-dealkylation sites (N-methyl/N-ethyl adjacent to an activating group) is 2. The van der Waals surface area contributed by atoms with E-state index in [1.54, 1.807) is 12.1 Å². The first-order chi connectivity index (χ1) is 21.6. The molecule has 1 aromatic rings.